The molecule has 94 valence electrons. The molecule has 0 atom stereocenters. The van der Waals surface area contributed by atoms with Crippen LogP contribution in [-0.2, 0) is 9.53 Å². The first-order chi connectivity index (χ1) is 8.15. The molecule has 0 saturated carbocycles. The Morgan fingerprint density at radius 2 is 2.35 bits per heavy atom. The van der Waals surface area contributed by atoms with Gasteiger partial charge in [0.2, 0.25) is 0 Å². The lowest BCUT2D eigenvalue weighted by molar-refractivity contribution is -0.142. The van der Waals surface area contributed by atoms with E-state index in [0.717, 1.165) is 18.5 Å². The lowest BCUT2D eigenvalue weighted by Gasteiger charge is -2.19. The summed E-state index contributed by atoms with van der Waals surface area (Å²) in [7, 11) is 1.80. The highest BCUT2D eigenvalue weighted by Crippen LogP contribution is 2.19. The summed E-state index contributed by atoms with van der Waals surface area (Å²) in [6.45, 7) is 2.73. The molecule has 1 rings (SSSR count). The SMILES string of the molecule is CCCCOC(=O)CN(C)c1ccncc1N. The second-order valence-corrected chi connectivity index (χ2v) is 3.86. The number of hydrogen-bond acceptors (Lipinski definition) is 5. The van der Waals surface area contributed by atoms with Crippen molar-refractivity contribution >= 4 is 17.3 Å². The topological polar surface area (TPSA) is 68.5 Å². The van der Waals surface area contributed by atoms with Gasteiger partial charge < -0.3 is 15.4 Å². The number of likely N-dealkylation sites (N-methyl/N-ethyl adjacent to an activating group) is 1. The Morgan fingerprint density at radius 3 is 3.00 bits per heavy atom. The van der Waals surface area contributed by atoms with Gasteiger partial charge >= 0.3 is 5.97 Å². The fourth-order valence-electron chi connectivity index (χ4n) is 1.40. The van der Waals surface area contributed by atoms with Gasteiger partial charge in [0.15, 0.2) is 0 Å². The minimum absolute atomic E-state index is 0.192. The van der Waals surface area contributed by atoms with Crippen LogP contribution in [0.3, 0.4) is 0 Å². The highest BCUT2D eigenvalue weighted by molar-refractivity contribution is 5.78. The molecule has 1 aromatic heterocycles. The van der Waals surface area contributed by atoms with Crippen LogP contribution in [0.1, 0.15) is 19.8 Å². The van der Waals surface area contributed by atoms with Crippen LogP contribution in [-0.4, -0.2) is 31.2 Å². The quantitative estimate of drug-likeness (QED) is 0.599. The number of pyridine rings is 1. The van der Waals surface area contributed by atoms with Gasteiger partial charge in [-0.05, 0) is 12.5 Å². The Kier molecular flexibility index (Phi) is 5.26. The zero-order chi connectivity index (χ0) is 12.7. The number of nitrogens with two attached hydrogens (primary N) is 1. The summed E-state index contributed by atoms with van der Waals surface area (Å²) >= 11 is 0. The Morgan fingerprint density at radius 1 is 1.59 bits per heavy atom. The summed E-state index contributed by atoms with van der Waals surface area (Å²) in [6.07, 6.45) is 5.12. The van der Waals surface area contributed by atoms with Crippen molar-refractivity contribution < 1.29 is 9.53 Å². The summed E-state index contributed by atoms with van der Waals surface area (Å²) in [5.74, 6) is -0.239. The van der Waals surface area contributed by atoms with Crippen molar-refractivity contribution in [1.82, 2.24) is 4.98 Å². The molecule has 1 heterocycles. The van der Waals surface area contributed by atoms with Gasteiger partial charge in [-0.2, -0.15) is 0 Å². The molecule has 0 aliphatic carbocycles. The van der Waals surface area contributed by atoms with E-state index >= 15 is 0 Å². The van der Waals surface area contributed by atoms with Crippen LogP contribution in [0.15, 0.2) is 18.5 Å². The molecule has 0 radical (unpaired) electrons. The second kappa shape index (κ2) is 6.73. The Bertz CT molecular complexity index is 369. The van der Waals surface area contributed by atoms with Gasteiger partial charge in [-0.3, -0.25) is 9.78 Å². The van der Waals surface area contributed by atoms with Crippen LogP contribution < -0.4 is 10.6 Å². The second-order valence-electron chi connectivity index (χ2n) is 3.86. The van der Waals surface area contributed by atoms with Crippen molar-refractivity contribution in [1.29, 1.82) is 0 Å². The third kappa shape index (κ3) is 4.30. The molecule has 0 aliphatic heterocycles. The summed E-state index contributed by atoms with van der Waals surface area (Å²) in [6, 6.07) is 1.77. The van der Waals surface area contributed by atoms with Crippen LogP contribution in [0.4, 0.5) is 11.4 Å². The average Bonchev–Trinajstić information content (AvgIpc) is 2.29. The highest BCUT2D eigenvalue weighted by atomic mass is 16.5. The Balaban J connectivity index is 2.46. The largest absolute Gasteiger partial charge is 0.464 e. The smallest absolute Gasteiger partial charge is 0.325 e. The molecule has 5 nitrogen and oxygen atoms in total. The molecule has 0 bridgehead atoms. The number of carbonyl (C=O) groups is 1. The zero-order valence-corrected chi connectivity index (χ0v) is 10.3. The number of carbonyl (C=O) groups excluding carboxylic acids is 1. The maximum Gasteiger partial charge on any atom is 0.325 e. The molecule has 17 heavy (non-hydrogen) atoms. The number of esters is 1. The van der Waals surface area contributed by atoms with Crippen LogP contribution in [0, 0.1) is 0 Å². The van der Waals surface area contributed by atoms with Crippen LogP contribution >= 0.6 is 0 Å². The molecule has 0 aliphatic rings. The molecule has 0 spiro atoms. The summed E-state index contributed by atoms with van der Waals surface area (Å²) < 4.78 is 5.08. The highest BCUT2D eigenvalue weighted by Gasteiger charge is 2.10. The van der Waals surface area contributed by atoms with Gasteiger partial charge in [-0.1, -0.05) is 13.3 Å². The molecule has 0 saturated heterocycles. The van der Waals surface area contributed by atoms with E-state index < -0.39 is 0 Å². The number of rotatable bonds is 6. The van der Waals surface area contributed by atoms with Crippen LogP contribution in [0.5, 0.6) is 0 Å². The monoisotopic (exact) mass is 237 g/mol. The number of aromatic nitrogens is 1. The lowest BCUT2D eigenvalue weighted by Crippen LogP contribution is -2.28. The van der Waals surface area contributed by atoms with Crippen molar-refractivity contribution in [3.8, 4) is 0 Å². The van der Waals surface area contributed by atoms with E-state index in [-0.39, 0.29) is 12.5 Å². The lowest BCUT2D eigenvalue weighted by atomic mass is 10.3. The molecule has 0 amide bonds. The zero-order valence-electron chi connectivity index (χ0n) is 10.3. The third-order valence-corrected chi connectivity index (χ3v) is 2.37. The Hall–Kier alpha value is -1.78. The number of unbranched alkanes of at least 4 members (excludes halogenated alkanes) is 1. The molecular formula is C12H19N3O2. The van der Waals surface area contributed by atoms with E-state index in [4.69, 9.17) is 10.5 Å². The summed E-state index contributed by atoms with van der Waals surface area (Å²) in [5, 5.41) is 0. The van der Waals surface area contributed by atoms with Gasteiger partial charge in [0.1, 0.15) is 6.54 Å². The standard InChI is InChI=1S/C12H19N3O2/c1-3-4-7-17-12(16)9-15(2)11-5-6-14-8-10(11)13/h5-6,8H,3-4,7,9,13H2,1-2H3. The predicted octanol–water partition coefficient (Wildman–Crippen LogP) is 1.44. The number of anilines is 2. The number of ether oxygens (including phenoxy) is 1. The van der Waals surface area contributed by atoms with E-state index in [1.807, 2.05) is 0 Å². The van der Waals surface area contributed by atoms with Crippen LogP contribution in [0.25, 0.3) is 0 Å². The van der Waals surface area contributed by atoms with Gasteiger partial charge in [0, 0.05) is 13.2 Å². The Labute approximate surface area is 102 Å². The van der Waals surface area contributed by atoms with Crippen molar-refractivity contribution in [3.63, 3.8) is 0 Å². The molecular weight excluding hydrogens is 218 g/mol. The van der Waals surface area contributed by atoms with E-state index in [2.05, 4.69) is 11.9 Å². The maximum absolute atomic E-state index is 11.5. The van der Waals surface area contributed by atoms with E-state index in [0.29, 0.717) is 12.3 Å². The minimum Gasteiger partial charge on any atom is -0.464 e. The van der Waals surface area contributed by atoms with Crippen molar-refractivity contribution in [2.45, 2.75) is 19.8 Å². The molecule has 0 unspecified atom stereocenters. The van der Waals surface area contributed by atoms with Crippen molar-refractivity contribution in [2.75, 3.05) is 30.8 Å². The molecule has 0 aromatic carbocycles. The molecule has 2 N–H and O–H groups in total. The van der Waals surface area contributed by atoms with Gasteiger partial charge in [-0.25, -0.2) is 0 Å². The van der Waals surface area contributed by atoms with Gasteiger partial charge in [0.05, 0.1) is 24.2 Å². The van der Waals surface area contributed by atoms with E-state index in [1.54, 1.807) is 30.4 Å². The molecule has 1 aromatic rings. The van der Waals surface area contributed by atoms with E-state index in [1.165, 1.54) is 0 Å². The van der Waals surface area contributed by atoms with E-state index in [9.17, 15) is 4.79 Å². The number of nitrogens with zero attached hydrogens (tertiary/aromatic N) is 2. The van der Waals surface area contributed by atoms with Crippen molar-refractivity contribution in [3.05, 3.63) is 18.5 Å². The molecule has 5 heteroatoms. The summed E-state index contributed by atoms with van der Waals surface area (Å²) in [5.41, 5.74) is 7.10. The van der Waals surface area contributed by atoms with Crippen LogP contribution in [0.2, 0.25) is 0 Å². The van der Waals surface area contributed by atoms with Crippen molar-refractivity contribution in [2.24, 2.45) is 0 Å². The molecule has 0 fully saturated rings. The average molecular weight is 237 g/mol. The minimum atomic E-state index is -0.239. The number of hydrogen-bond donors (Lipinski definition) is 1. The van der Waals surface area contributed by atoms with Gasteiger partial charge in [-0.15, -0.1) is 0 Å². The third-order valence-electron chi connectivity index (χ3n) is 2.37. The van der Waals surface area contributed by atoms with Gasteiger partial charge in [0.25, 0.3) is 0 Å². The normalized spacial score (nSPS) is 10.0. The first kappa shape index (κ1) is 13.3. The number of nitrogen functional groups attached to an aromatic ring is 1. The first-order valence-electron chi connectivity index (χ1n) is 5.71. The summed E-state index contributed by atoms with van der Waals surface area (Å²) in [4.78, 5) is 17.1. The fraction of sp³-hybridized carbons (Fsp3) is 0.500. The fourth-order valence-corrected chi connectivity index (χ4v) is 1.40. The maximum atomic E-state index is 11.5. The predicted molar refractivity (Wildman–Crippen MR) is 67.8 cm³/mol. The first-order valence-corrected chi connectivity index (χ1v) is 5.71.